The number of ether oxygens (including phenoxy) is 1. The quantitative estimate of drug-likeness (QED) is 0.857. The maximum absolute atomic E-state index is 11.8. The van der Waals surface area contributed by atoms with Crippen LogP contribution in [0.2, 0.25) is 10.0 Å². The normalized spacial score (nSPS) is 11.5. The van der Waals surface area contributed by atoms with Crippen molar-refractivity contribution in [3.63, 3.8) is 0 Å². The van der Waals surface area contributed by atoms with Crippen LogP contribution in [0.1, 0.15) is 0 Å². The van der Waals surface area contributed by atoms with Crippen molar-refractivity contribution in [2.75, 3.05) is 20.2 Å². The number of nitrogens with two attached hydrogens (primary N) is 1. The number of benzene rings is 1. The molecule has 0 aliphatic rings. The molecule has 17 heavy (non-hydrogen) atoms. The molecule has 5 nitrogen and oxygen atoms in total. The molecule has 0 atom stereocenters. The number of sulfonamides is 1. The molecule has 0 saturated carbocycles. The van der Waals surface area contributed by atoms with E-state index in [0.29, 0.717) is 5.75 Å². The van der Waals surface area contributed by atoms with Gasteiger partial charge in [0.25, 0.3) is 0 Å². The molecule has 1 rings (SSSR count). The Morgan fingerprint density at radius 1 is 1.35 bits per heavy atom. The maximum Gasteiger partial charge on any atom is 0.242 e. The van der Waals surface area contributed by atoms with Crippen LogP contribution < -0.4 is 15.2 Å². The lowest BCUT2D eigenvalue weighted by molar-refractivity contribution is 0.414. The lowest BCUT2D eigenvalue weighted by Gasteiger charge is -2.10. The van der Waals surface area contributed by atoms with Crippen molar-refractivity contribution in [3.05, 3.63) is 22.2 Å². The monoisotopic (exact) mass is 298 g/mol. The van der Waals surface area contributed by atoms with Gasteiger partial charge in [-0.05, 0) is 12.1 Å². The summed E-state index contributed by atoms with van der Waals surface area (Å²) in [5, 5.41) is -0.0136. The minimum atomic E-state index is -3.70. The molecule has 8 heteroatoms. The third kappa shape index (κ3) is 3.23. The number of halogens is 2. The molecule has 0 radical (unpaired) electrons. The van der Waals surface area contributed by atoms with Crippen molar-refractivity contribution in [3.8, 4) is 5.75 Å². The molecule has 1 aromatic rings. The SMILES string of the molecule is COc1ccc(S(=O)(=O)NCCN)c(Cl)c1Cl. The standard InChI is InChI=1S/C9H12Cl2N2O3S/c1-16-6-2-3-7(9(11)8(6)10)17(14,15)13-5-4-12/h2-3,13H,4-5,12H2,1H3. The van der Waals surface area contributed by atoms with E-state index in [1.807, 2.05) is 0 Å². The third-order valence-electron chi connectivity index (χ3n) is 1.96. The van der Waals surface area contributed by atoms with Gasteiger partial charge in [-0.1, -0.05) is 23.2 Å². The smallest absolute Gasteiger partial charge is 0.242 e. The van der Waals surface area contributed by atoms with E-state index in [-0.39, 0.29) is 28.0 Å². The Kier molecular flexibility index (Phi) is 5.03. The molecule has 96 valence electrons. The van der Waals surface area contributed by atoms with Gasteiger partial charge in [0.15, 0.2) is 0 Å². The fourth-order valence-electron chi connectivity index (χ4n) is 1.15. The van der Waals surface area contributed by atoms with Gasteiger partial charge in [0.05, 0.1) is 12.1 Å². The molecular weight excluding hydrogens is 287 g/mol. The zero-order chi connectivity index (χ0) is 13.1. The molecular formula is C9H12Cl2N2O3S. The summed E-state index contributed by atoms with van der Waals surface area (Å²) >= 11 is 11.7. The van der Waals surface area contributed by atoms with Gasteiger partial charge in [-0.3, -0.25) is 0 Å². The molecule has 0 amide bonds. The summed E-state index contributed by atoms with van der Waals surface area (Å²) in [6.07, 6.45) is 0. The summed E-state index contributed by atoms with van der Waals surface area (Å²) in [6, 6.07) is 2.76. The first-order valence-electron chi connectivity index (χ1n) is 4.65. The van der Waals surface area contributed by atoms with Crippen molar-refractivity contribution < 1.29 is 13.2 Å². The van der Waals surface area contributed by atoms with Crippen LogP contribution in [0, 0.1) is 0 Å². The minimum Gasteiger partial charge on any atom is -0.495 e. The molecule has 0 unspecified atom stereocenters. The molecule has 0 heterocycles. The third-order valence-corrected chi connectivity index (χ3v) is 4.44. The van der Waals surface area contributed by atoms with Gasteiger partial charge < -0.3 is 10.5 Å². The van der Waals surface area contributed by atoms with Crippen LogP contribution in [-0.2, 0) is 10.0 Å². The predicted octanol–water partition coefficient (Wildman–Crippen LogP) is 1.24. The number of hydrogen-bond donors (Lipinski definition) is 2. The van der Waals surface area contributed by atoms with Crippen LogP contribution in [-0.4, -0.2) is 28.6 Å². The largest absolute Gasteiger partial charge is 0.495 e. The summed E-state index contributed by atoms with van der Waals surface area (Å²) in [5.74, 6) is 0.314. The second-order valence-corrected chi connectivity index (χ2v) is 5.57. The molecule has 3 N–H and O–H groups in total. The average molecular weight is 299 g/mol. The Balaban J connectivity index is 3.20. The van der Waals surface area contributed by atoms with Crippen LogP contribution >= 0.6 is 23.2 Å². The number of nitrogens with one attached hydrogen (secondary N) is 1. The van der Waals surface area contributed by atoms with E-state index >= 15 is 0 Å². The van der Waals surface area contributed by atoms with Gasteiger partial charge in [0, 0.05) is 13.1 Å². The average Bonchev–Trinajstić information content (AvgIpc) is 2.29. The van der Waals surface area contributed by atoms with E-state index < -0.39 is 10.0 Å². The highest BCUT2D eigenvalue weighted by Crippen LogP contribution is 2.36. The Morgan fingerprint density at radius 2 is 2.00 bits per heavy atom. The Labute approximate surface area is 110 Å². The van der Waals surface area contributed by atoms with Crippen molar-refractivity contribution in [1.29, 1.82) is 0 Å². The van der Waals surface area contributed by atoms with E-state index in [4.69, 9.17) is 33.7 Å². The van der Waals surface area contributed by atoms with Crippen LogP contribution in [0.15, 0.2) is 17.0 Å². The second kappa shape index (κ2) is 5.88. The summed E-state index contributed by atoms with van der Waals surface area (Å²) in [6.45, 7) is 0.322. The van der Waals surface area contributed by atoms with E-state index in [9.17, 15) is 8.42 Å². The highest BCUT2D eigenvalue weighted by molar-refractivity contribution is 7.89. The van der Waals surface area contributed by atoms with Crippen molar-refractivity contribution >= 4 is 33.2 Å². The molecule has 0 fully saturated rings. The minimum absolute atomic E-state index is 0.0600. The van der Waals surface area contributed by atoms with Gasteiger partial charge in [0.2, 0.25) is 10.0 Å². The highest BCUT2D eigenvalue weighted by Gasteiger charge is 2.21. The van der Waals surface area contributed by atoms with Gasteiger partial charge in [0.1, 0.15) is 15.7 Å². The molecule has 0 aromatic heterocycles. The first-order valence-corrected chi connectivity index (χ1v) is 6.89. The van der Waals surface area contributed by atoms with Crippen molar-refractivity contribution in [2.45, 2.75) is 4.90 Å². The maximum atomic E-state index is 11.8. The van der Waals surface area contributed by atoms with Crippen LogP contribution in [0.25, 0.3) is 0 Å². The van der Waals surface area contributed by atoms with Crippen LogP contribution in [0.3, 0.4) is 0 Å². The predicted molar refractivity (Wildman–Crippen MR) is 67.3 cm³/mol. The van der Waals surface area contributed by atoms with Gasteiger partial charge in [-0.15, -0.1) is 0 Å². The number of hydrogen-bond acceptors (Lipinski definition) is 4. The summed E-state index contributed by atoms with van der Waals surface area (Å²) < 4.78 is 30.8. The summed E-state index contributed by atoms with van der Waals surface area (Å²) in [7, 11) is -2.29. The van der Waals surface area contributed by atoms with E-state index in [1.165, 1.54) is 19.2 Å². The van der Waals surface area contributed by atoms with Crippen molar-refractivity contribution in [2.24, 2.45) is 5.73 Å². The molecule has 0 saturated heterocycles. The first kappa shape index (κ1) is 14.5. The van der Waals surface area contributed by atoms with Crippen molar-refractivity contribution in [1.82, 2.24) is 4.72 Å². The van der Waals surface area contributed by atoms with E-state index in [1.54, 1.807) is 0 Å². The molecule has 0 aliphatic carbocycles. The summed E-state index contributed by atoms with van der Waals surface area (Å²) in [4.78, 5) is -0.0987. The Hall–Kier alpha value is -0.530. The number of rotatable bonds is 5. The van der Waals surface area contributed by atoms with Gasteiger partial charge in [-0.25, -0.2) is 13.1 Å². The lowest BCUT2D eigenvalue weighted by atomic mass is 10.3. The fourth-order valence-corrected chi connectivity index (χ4v) is 3.04. The Bertz CT molecular complexity index is 505. The molecule has 0 aliphatic heterocycles. The molecule has 0 spiro atoms. The number of methoxy groups -OCH3 is 1. The molecule has 1 aromatic carbocycles. The zero-order valence-corrected chi connectivity index (χ0v) is 11.4. The van der Waals surface area contributed by atoms with Gasteiger partial charge >= 0.3 is 0 Å². The second-order valence-electron chi connectivity index (χ2n) is 3.08. The highest BCUT2D eigenvalue weighted by atomic mass is 35.5. The van der Waals surface area contributed by atoms with Crippen LogP contribution in [0.5, 0.6) is 5.75 Å². The fraction of sp³-hybridized carbons (Fsp3) is 0.333. The van der Waals surface area contributed by atoms with Crippen LogP contribution in [0.4, 0.5) is 0 Å². The zero-order valence-electron chi connectivity index (χ0n) is 9.04. The van der Waals surface area contributed by atoms with Gasteiger partial charge in [-0.2, -0.15) is 0 Å². The topological polar surface area (TPSA) is 81.4 Å². The van der Waals surface area contributed by atoms with E-state index in [0.717, 1.165) is 0 Å². The Morgan fingerprint density at radius 3 is 2.53 bits per heavy atom. The van der Waals surface area contributed by atoms with E-state index in [2.05, 4.69) is 4.72 Å². The summed E-state index contributed by atoms with van der Waals surface area (Å²) in [5.41, 5.74) is 5.22. The lowest BCUT2D eigenvalue weighted by Crippen LogP contribution is -2.29. The molecule has 0 bridgehead atoms. The first-order chi connectivity index (χ1) is 7.94.